The number of nitrogens with two attached hydrogens (primary N) is 2. The zero-order valence-electron chi connectivity index (χ0n) is 42.4. The molecule has 9 rings (SSSR count). The van der Waals surface area contributed by atoms with E-state index in [0.29, 0.717) is 43.5 Å². The van der Waals surface area contributed by atoms with Gasteiger partial charge in [0, 0.05) is 85.2 Å². The van der Waals surface area contributed by atoms with Crippen molar-refractivity contribution in [1.82, 2.24) is 14.8 Å². The average Bonchev–Trinajstić information content (AvgIpc) is 3.78. The number of likely N-dealkylation sites (tertiary alicyclic amines) is 2. The first-order valence-electron chi connectivity index (χ1n) is 25.3. The summed E-state index contributed by atoms with van der Waals surface area (Å²) >= 11 is 10.9. The molecule has 5 aromatic rings. The average molecular weight is 1170 g/mol. The standard InChI is InChI=1S/C26H30FN5O2S.C20H31N5OS2.C8H6BrFO.H3P/c27-18-5-3-17(4-6-18)23(34)24-25(28)30-26(35-24)29-19-7-9-20(10-8-19)31-14-11-21(12-15-31)32-13-1-2-22(33)16-32;1-2-28-19(21)23-20(27)22-15-5-7-16(8-6-15)24-12-9-17(10-13-24)25-11-3-4-18(26)14-25;9-5-8(11)6-1-3-7(10)4-2-6;/h3-10,21-22,33H,1-2,11-16,28H2,(H,29,30);5-8,17-18,26H,2-4,9-14H2,1H3,(H3,21,22,23,27);1-4H,5H2;1H3. The fourth-order valence-corrected chi connectivity index (χ4v) is 11.6. The Hall–Kier alpha value is -4.63. The number of nitrogen functional groups attached to an aromatic ring is 1. The molecule has 0 spiro atoms. The number of rotatable bonds is 12. The predicted molar refractivity (Wildman–Crippen MR) is 318 cm³/mol. The summed E-state index contributed by atoms with van der Waals surface area (Å²) in [5, 5.41) is 27.9. The number of aliphatic hydroxyl groups excluding tert-OH is 2. The number of Topliss-reactive ketones (excluding diaryl/α,β-unsaturated/α-hetero) is 1. The molecule has 4 aliphatic heterocycles. The molecule has 1 aromatic heterocycles. The lowest BCUT2D eigenvalue weighted by Crippen LogP contribution is -2.49. The van der Waals surface area contributed by atoms with Gasteiger partial charge in [-0.15, -0.1) is 0 Å². The Bertz CT molecular complexity index is 2620. The van der Waals surface area contributed by atoms with Crippen LogP contribution in [-0.4, -0.2) is 135 Å². The molecule has 4 fully saturated rings. The van der Waals surface area contributed by atoms with E-state index < -0.39 is 5.82 Å². The van der Waals surface area contributed by atoms with Crippen LogP contribution in [0.2, 0.25) is 0 Å². The van der Waals surface area contributed by atoms with Crippen molar-refractivity contribution in [1.29, 1.82) is 0 Å². The Morgan fingerprint density at radius 3 is 1.67 bits per heavy atom. The van der Waals surface area contributed by atoms with Gasteiger partial charge in [0.25, 0.3) is 0 Å². The van der Waals surface area contributed by atoms with Gasteiger partial charge in [-0.25, -0.2) is 13.8 Å². The van der Waals surface area contributed by atoms with E-state index in [-0.39, 0.29) is 50.6 Å². The number of aliphatic imine (C=N–C) groups is 1. The fraction of sp³-hybridized carbons (Fsp3) is 0.426. The van der Waals surface area contributed by atoms with Crippen LogP contribution in [0.15, 0.2) is 102 Å². The molecular weight excluding hydrogens is 1100 g/mol. The zero-order valence-corrected chi connectivity index (χ0v) is 47.8. The molecule has 3 unspecified atom stereocenters. The first kappa shape index (κ1) is 59.6. The second-order valence-electron chi connectivity index (χ2n) is 18.7. The number of aromatic nitrogens is 1. The molecule has 0 aliphatic carbocycles. The van der Waals surface area contributed by atoms with Gasteiger partial charge in [0.15, 0.2) is 21.2 Å². The van der Waals surface area contributed by atoms with Crippen molar-refractivity contribution in [2.24, 2.45) is 10.7 Å². The first-order valence-corrected chi connectivity index (χ1v) is 28.6. The second kappa shape index (κ2) is 29.8. The first-order chi connectivity index (χ1) is 35.7. The number of hydrogen-bond acceptors (Lipinski definition) is 14. The number of nitrogens with zero attached hydrogens (tertiary/aromatic N) is 6. The van der Waals surface area contributed by atoms with E-state index >= 15 is 0 Å². The van der Waals surface area contributed by atoms with E-state index in [1.54, 1.807) is 0 Å². The maximum atomic E-state index is 13.2. The lowest BCUT2D eigenvalue weighted by atomic mass is 9.98. The van der Waals surface area contributed by atoms with Crippen molar-refractivity contribution in [3.63, 3.8) is 0 Å². The van der Waals surface area contributed by atoms with Crippen molar-refractivity contribution in [2.45, 2.75) is 82.6 Å². The highest BCUT2D eigenvalue weighted by Gasteiger charge is 2.30. The number of hydrogen-bond donors (Lipinski definition) is 6. The molecule has 0 bridgehead atoms. The molecule has 3 atom stereocenters. The third-order valence-corrected chi connectivity index (χ3v) is 15.9. The van der Waals surface area contributed by atoms with Crippen LogP contribution in [0.5, 0.6) is 0 Å². The zero-order chi connectivity index (χ0) is 52.6. The maximum Gasteiger partial charge on any atom is 0.206 e. The van der Waals surface area contributed by atoms with Crippen molar-refractivity contribution in [3.05, 3.63) is 125 Å². The Kier molecular flexibility index (Phi) is 23.7. The summed E-state index contributed by atoms with van der Waals surface area (Å²) in [4.78, 5) is 42.3. The van der Waals surface area contributed by atoms with Crippen LogP contribution >= 0.6 is 61.1 Å². The lowest BCUT2D eigenvalue weighted by Gasteiger charge is -2.42. The van der Waals surface area contributed by atoms with Crippen LogP contribution in [0.1, 0.15) is 83.9 Å². The van der Waals surface area contributed by atoms with Crippen molar-refractivity contribution in [3.8, 4) is 0 Å². The van der Waals surface area contributed by atoms with E-state index in [0.717, 1.165) is 121 Å². The number of β-amino-alcohol motifs (C(OH)–C–C–N with tert-alkyl or cyclic N) is 2. The number of carbonyl (C=O) groups is 2. The molecule has 0 amide bonds. The second-order valence-corrected chi connectivity index (χ2v) is 21.9. The Morgan fingerprint density at radius 1 is 0.747 bits per heavy atom. The minimum atomic E-state index is -0.393. The number of nitrogens with one attached hydrogen (secondary N) is 2. The predicted octanol–water partition coefficient (Wildman–Crippen LogP) is 9.60. The molecule has 404 valence electrons. The highest BCUT2D eigenvalue weighted by atomic mass is 79.9. The van der Waals surface area contributed by atoms with E-state index in [2.05, 4.69) is 80.4 Å². The monoisotopic (exact) mass is 1170 g/mol. The van der Waals surface area contributed by atoms with Crippen molar-refractivity contribution >= 4 is 117 Å². The number of thiazole rings is 1. The minimum absolute atomic E-state index is 0. The highest BCUT2D eigenvalue weighted by Crippen LogP contribution is 2.32. The van der Waals surface area contributed by atoms with Crippen LogP contribution in [0.25, 0.3) is 0 Å². The summed E-state index contributed by atoms with van der Waals surface area (Å²) in [5.41, 5.74) is 16.9. The summed E-state index contributed by atoms with van der Waals surface area (Å²) in [5.74, 6) is 0.0113. The van der Waals surface area contributed by atoms with Gasteiger partial charge in [0.1, 0.15) is 22.3 Å². The lowest BCUT2D eigenvalue weighted by molar-refractivity contribution is 0.0397. The normalized spacial score (nSPS) is 18.9. The van der Waals surface area contributed by atoms with Crippen molar-refractivity contribution < 1.29 is 28.6 Å². The van der Waals surface area contributed by atoms with Gasteiger partial charge in [-0.3, -0.25) is 19.4 Å². The third-order valence-electron chi connectivity index (χ3n) is 13.5. The smallest absolute Gasteiger partial charge is 0.206 e. The van der Waals surface area contributed by atoms with Gasteiger partial charge in [-0.2, -0.15) is 14.9 Å². The number of thiocarbonyl (C=S) groups is 1. The molecule has 4 aromatic carbocycles. The number of carbonyl (C=O) groups excluding carboxylic acids is 2. The number of amidine groups is 1. The molecule has 14 nitrogen and oxygen atoms in total. The van der Waals surface area contributed by atoms with E-state index in [1.165, 1.54) is 83.0 Å². The molecular formula is C54H70BrF2N10O4PS3. The van der Waals surface area contributed by atoms with E-state index in [1.807, 2.05) is 31.2 Å². The fourth-order valence-electron chi connectivity index (χ4n) is 9.67. The van der Waals surface area contributed by atoms with Crippen LogP contribution < -0.4 is 31.9 Å². The largest absolute Gasteiger partial charge is 0.392 e. The number of halogens is 3. The maximum absolute atomic E-state index is 13.2. The van der Waals surface area contributed by atoms with Crippen LogP contribution in [-0.2, 0) is 0 Å². The van der Waals surface area contributed by atoms with Gasteiger partial charge in [-0.1, -0.05) is 46.0 Å². The summed E-state index contributed by atoms with van der Waals surface area (Å²) < 4.78 is 25.5. The van der Waals surface area contributed by atoms with Crippen LogP contribution in [0, 0.1) is 11.6 Å². The van der Waals surface area contributed by atoms with Gasteiger partial charge in [0.2, 0.25) is 5.78 Å². The molecule has 5 heterocycles. The van der Waals surface area contributed by atoms with E-state index in [4.69, 9.17) is 23.7 Å². The number of thioether (sulfide) groups is 1. The third kappa shape index (κ3) is 18.0. The number of aliphatic hydroxyl groups is 2. The number of anilines is 6. The Labute approximate surface area is 464 Å². The number of benzene rings is 4. The van der Waals surface area contributed by atoms with Gasteiger partial charge >= 0.3 is 0 Å². The van der Waals surface area contributed by atoms with E-state index in [9.17, 15) is 28.6 Å². The molecule has 0 saturated carbocycles. The number of piperidine rings is 4. The number of ketones is 2. The van der Waals surface area contributed by atoms with Crippen molar-refractivity contribution in [2.75, 3.05) is 89.6 Å². The summed E-state index contributed by atoms with van der Waals surface area (Å²) in [6.07, 6.45) is 8.29. The highest BCUT2D eigenvalue weighted by molar-refractivity contribution is 9.09. The summed E-state index contributed by atoms with van der Waals surface area (Å²) in [6, 6.07) is 28.6. The SMILES string of the molecule is CCSC(N)=NC(=S)Nc1ccc(N2CCC(N3CCCC(O)C3)CC2)cc1.Nc1nc(Nc2ccc(N3CCC(N4CCCC(O)C4)CC3)cc2)sc1C(=O)c1ccc(F)cc1.O=C(CBr)c1ccc(F)cc1.P. The molecule has 8 N–H and O–H groups in total. The molecule has 75 heavy (non-hydrogen) atoms. The molecule has 4 aliphatic rings. The summed E-state index contributed by atoms with van der Waals surface area (Å²) in [7, 11) is 0. The topological polar surface area (TPSA) is 189 Å². The van der Waals surface area contributed by atoms with Crippen LogP contribution in [0.4, 0.5) is 42.5 Å². The van der Waals surface area contributed by atoms with Gasteiger partial charge in [0.05, 0.1) is 17.5 Å². The molecule has 21 heteroatoms. The molecule has 0 radical (unpaired) electrons. The Morgan fingerprint density at radius 2 is 1.21 bits per heavy atom. The quantitative estimate of drug-likeness (QED) is 0.0173. The summed E-state index contributed by atoms with van der Waals surface area (Å²) in [6.45, 7) is 10.0. The Balaban J connectivity index is 0.000000204. The van der Waals surface area contributed by atoms with Gasteiger partial charge in [-0.05, 0) is 179 Å². The molecule has 4 saturated heterocycles. The number of alkyl halides is 1. The minimum Gasteiger partial charge on any atom is -0.392 e. The van der Waals surface area contributed by atoms with Gasteiger partial charge < -0.3 is 42.1 Å². The van der Waals surface area contributed by atoms with Crippen LogP contribution in [0.3, 0.4) is 0 Å².